The maximum Gasteiger partial charge on any atom is 0.328 e. The number of aryl methyl sites for hydroxylation is 2. The van der Waals surface area contributed by atoms with E-state index in [9.17, 15) is 24.6 Å². The number of nitrogens with zero attached hydrogens (tertiary/aromatic N) is 1. The highest BCUT2D eigenvalue weighted by molar-refractivity contribution is 7.15. The summed E-state index contributed by atoms with van der Waals surface area (Å²) in [6, 6.07) is 9.04. The van der Waals surface area contributed by atoms with Gasteiger partial charge >= 0.3 is 5.97 Å². The van der Waals surface area contributed by atoms with Gasteiger partial charge in [-0.25, -0.2) is 9.78 Å². The number of nitrogens with one attached hydrogen (secondary N) is 2. The molecule has 0 radical (unpaired) electrons. The van der Waals surface area contributed by atoms with E-state index in [2.05, 4.69) is 15.6 Å². The van der Waals surface area contributed by atoms with Gasteiger partial charge < -0.3 is 25.6 Å². The Bertz CT molecular complexity index is 1110. The number of rotatable bonds is 11. The number of ether oxygens (including phenoxy) is 1. The average molecular weight is 490 g/mol. The van der Waals surface area contributed by atoms with Crippen molar-refractivity contribution in [3.63, 3.8) is 0 Å². The topological polar surface area (TPSA) is 138 Å². The molecule has 2 amide bonds. The van der Waals surface area contributed by atoms with Crippen LogP contribution in [-0.4, -0.2) is 52.2 Å². The molecule has 33 heavy (non-hydrogen) atoms. The maximum atomic E-state index is 12.6. The van der Waals surface area contributed by atoms with Crippen molar-refractivity contribution in [3.05, 3.63) is 62.8 Å². The molecular weight excluding hydrogens is 466 g/mol. The first kappa shape index (κ1) is 24.2. The van der Waals surface area contributed by atoms with Crippen LogP contribution in [0.4, 0.5) is 0 Å². The van der Waals surface area contributed by atoms with Gasteiger partial charge in [-0.05, 0) is 48.9 Å². The van der Waals surface area contributed by atoms with Gasteiger partial charge in [-0.2, -0.15) is 0 Å². The predicted octanol–water partition coefficient (Wildman–Crippen LogP) is 2.84. The highest BCUT2D eigenvalue weighted by Gasteiger charge is 2.24. The second-order valence-corrected chi connectivity index (χ2v) is 8.98. The normalized spacial score (nSPS) is 11.5. The highest BCUT2D eigenvalue weighted by atomic mass is 32.1. The number of amides is 2. The van der Waals surface area contributed by atoms with Crippen molar-refractivity contribution in [1.82, 2.24) is 15.6 Å². The number of hydrogen-bond donors (Lipinski definition) is 4. The largest absolute Gasteiger partial charge is 0.508 e. The van der Waals surface area contributed by atoms with Gasteiger partial charge in [0.05, 0.1) is 17.2 Å². The highest BCUT2D eigenvalue weighted by Crippen LogP contribution is 2.25. The molecular formula is C22H23N3O6S2. The van der Waals surface area contributed by atoms with Crippen LogP contribution in [-0.2, 0) is 11.2 Å². The van der Waals surface area contributed by atoms with E-state index in [0.717, 1.165) is 16.9 Å². The molecule has 9 nitrogen and oxygen atoms in total. The molecule has 0 bridgehead atoms. The van der Waals surface area contributed by atoms with E-state index in [1.54, 1.807) is 42.6 Å². The van der Waals surface area contributed by atoms with Gasteiger partial charge in [-0.15, -0.1) is 11.3 Å². The van der Waals surface area contributed by atoms with Crippen molar-refractivity contribution in [2.75, 3.05) is 13.2 Å². The zero-order valence-electron chi connectivity index (χ0n) is 17.7. The van der Waals surface area contributed by atoms with E-state index in [-0.39, 0.29) is 17.2 Å². The quantitative estimate of drug-likeness (QED) is 0.304. The fourth-order valence-electron chi connectivity index (χ4n) is 2.91. The fourth-order valence-corrected chi connectivity index (χ4v) is 4.39. The molecule has 174 valence electrons. The molecule has 0 aliphatic rings. The Labute approximate surface area is 198 Å². The Morgan fingerprint density at radius 3 is 2.70 bits per heavy atom. The molecule has 0 fully saturated rings. The first-order valence-corrected chi connectivity index (χ1v) is 11.8. The molecule has 3 aromatic rings. The Balaban J connectivity index is 1.51. The number of benzene rings is 1. The van der Waals surface area contributed by atoms with Crippen molar-refractivity contribution in [2.45, 2.75) is 25.8 Å². The SMILES string of the molecule is Cc1nc(OCCCc2cccc(O)c2)sc1C(=O)NC(CNC(=O)c1cccs1)C(=O)O. The van der Waals surface area contributed by atoms with E-state index in [1.165, 1.54) is 11.3 Å². The zero-order chi connectivity index (χ0) is 23.8. The van der Waals surface area contributed by atoms with Crippen molar-refractivity contribution < 1.29 is 29.3 Å². The molecule has 2 aromatic heterocycles. The molecule has 0 saturated heterocycles. The molecule has 0 spiro atoms. The minimum Gasteiger partial charge on any atom is -0.508 e. The Kier molecular flexibility index (Phi) is 8.39. The van der Waals surface area contributed by atoms with Crippen LogP contribution < -0.4 is 15.4 Å². The van der Waals surface area contributed by atoms with E-state index < -0.39 is 23.8 Å². The summed E-state index contributed by atoms with van der Waals surface area (Å²) in [6.45, 7) is 1.75. The first-order valence-electron chi connectivity index (χ1n) is 10.1. The van der Waals surface area contributed by atoms with E-state index in [1.807, 2.05) is 6.07 Å². The summed E-state index contributed by atoms with van der Waals surface area (Å²) in [5, 5.41) is 25.9. The van der Waals surface area contributed by atoms with Crippen LogP contribution in [0.2, 0.25) is 0 Å². The smallest absolute Gasteiger partial charge is 0.328 e. The van der Waals surface area contributed by atoms with Crippen LogP contribution in [0.3, 0.4) is 0 Å². The van der Waals surface area contributed by atoms with E-state index in [0.29, 0.717) is 35.2 Å². The number of carboxylic acid groups (broad SMARTS) is 1. The van der Waals surface area contributed by atoms with Crippen molar-refractivity contribution in [3.8, 4) is 10.9 Å². The second kappa shape index (κ2) is 11.4. The summed E-state index contributed by atoms with van der Waals surface area (Å²) in [4.78, 5) is 41.1. The number of carboxylic acids is 1. The minimum absolute atomic E-state index is 0.213. The molecule has 0 aliphatic heterocycles. The molecule has 4 N–H and O–H groups in total. The lowest BCUT2D eigenvalue weighted by Gasteiger charge is -2.14. The third kappa shape index (κ3) is 7.02. The summed E-state index contributed by atoms with van der Waals surface area (Å²) >= 11 is 2.26. The third-order valence-electron chi connectivity index (χ3n) is 4.54. The Morgan fingerprint density at radius 2 is 2.00 bits per heavy atom. The summed E-state index contributed by atoms with van der Waals surface area (Å²) in [7, 11) is 0. The third-order valence-corrected chi connectivity index (χ3v) is 6.48. The van der Waals surface area contributed by atoms with Gasteiger partial charge in [-0.1, -0.05) is 29.5 Å². The molecule has 2 heterocycles. The lowest BCUT2D eigenvalue weighted by Crippen LogP contribution is -2.48. The lowest BCUT2D eigenvalue weighted by molar-refractivity contribution is -0.139. The van der Waals surface area contributed by atoms with Crippen molar-refractivity contribution >= 4 is 40.5 Å². The van der Waals surface area contributed by atoms with Gasteiger partial charge in [0.1, 0.15) is 16.7 Å². The average Bonchev–Trinajstić information content (AvgIpc) is 3.44. The van der Waals surface area contributed by atoms with E-state index >= 15 is 0 Å². The van der Waals surface area contributed by atoms with Gasteiger partial charge in [-0.3, -0.25) is 9.59 Å². The van der Waals surface area contributed by atoms with Crippen LogP contribution in [0.5, 0.6) is 10.9 Å². The predicted molar refractivity (Wildman–Crippen MR) is 124 cm³/mol. The van der Waals surface area contributed by atoms with Crippen LogP contribution in [0, 0.1) is 6.92 Å². The molecule has 1 unspecified atom stereocenters. The lowest BCUT2D eigenvalue weighted by atomic mass is 10.1. The van der Waals surface area contributed by atoms with Crippen molar-refractivity contribution in [2.24, 2.45) is 0 Å². The van der Waals surface area contributed by atoms with Gasteiger partial charge in [0.25, 0.3) is 17.0 Å². The molecule has 11 heteroatoms. The molecule has 0 aliphatic carbocycles. The summed E-state index contributed by atoms with van der Waals surface area (Å²) in [6.07, 6.45) is 1.40. The van der Waals surface area contributed by atoms with Gasteiger partial charge in [0.15, 0.2) is 0 Å². The number of phenolic OH excluding ortho intramolecular Hbond substituents is 1. The van der Waals surface area contributed by atoms with Crippen LogP contribution in [0.25, 0.3) is 0 Å². The summed E-state index contributed by atoms with van der Waals surface area (Å²) < 4.78 is 5.64. The number of carbonyl (C=O) groups excluding carboxylic acids is 2. The first-order chi connectivity index (χ1) is 15.8. The molecule has 1 aromatic carbocycles. The van der Waals surface area contributed by atoms with Gasteiger partial charge in [0, 0.05) is 6.54 Å². The maximum absolute atomic E-state index is 12.6. The molecule has 1 atom stereocenters. The van der Waals surface area contributed by atoms with Crippen LogP contribution in [0.1, 0.15) is 37.0 Å². The monoisotopic (exact) mass is 489 g/mol. The number of thiazole rings is 1. The summed E-state index contributed by atoms with van der Waals surface area (Å²) in [5.41, 5.74) is 1.41. The number of aromatic hydroxyl groups is 1. The molecule has 0 saturated carbocycles. The standard InChI is InChI=1S/C22H23N3O6S2/c1-13-18(33-22(24-13)31-9-3-6-14-5-2-7-15(26)11-14)20(28)25-16(21(29)30)12-23-19(27)17-8-4-10-32-17/h2,4-5,7-8,10-11,16,26H,3,6,9,12H2,1H3,(H,23,27)(H,25,28)(H,29,30). The second-order valence-electron chi connectivity index (χ2n) is 7.07. The van der Waals surface area contributed by atoms with Gasteiger partial charge in [0.2, 0.25) is 0 Å². The summed E-state index contributed by atoms with van der Waals surface area (Å²) in [5.74, 6) is -2.05. The van der Waals surface area contributed by atoms with Crippen LogP contribution in [0.15, 0.2) is 41.8 Å². The number of phenols is 1. The molecule has 3 rings (SSSR count). The van der Waals surface area contributed by atoms with Crippen LogP contribution >= 0.6 is 22.7 Å². The number of aromatic nitrogens is 1. The van der Waals surface area contributed by atoms with E-state index in [4.69, 9.17) is 4.74 Å². The fraction of sp³-hybridized carbons (Fsp3) is 0.273. The number of aliphatic carboxylic acids is 1. The zero-order valence-corrected chi connectivity index (χ0v) is 19.4. The minimum atomic E-state index is -1.30. The Morgan fingerprint density at radius 1 is 1.18 bits per heavy atom. The van der Waals surface area contributed by atoms with Crippen molar-refractivity contribution in [1.29, 1.82) is 0 Å². The number of thiophene rings is 1. The number of hydrogen-bond acceptors (Lipinski definition) is 8. The number of carbonyl (C=O) groups is 3. The Hall–Kier alpha value is -3.44.